The van der Waals surface area contributed by atoms with Crippen LogP contribution in [0.5, 0.6) is 0 Å². The van der Waals surface area contributed by atoms with Gasteiger partial charge in [0.2, 0.25) is 5.91 Å². The second kappa shape index (κ2) is 7.07. The summed E-state index contributed by atoms with van der Waals surface area (Å²) in [7, 11) is 1.42. The maximum Gasteiger partial charge on any atom is 0.322 e. The van der Waals surface area contributed by atoms with Crippen LogP contribution in [0.4, 0.5) is 0 Å². The van der Waals surface area contributed by atoms with Crippen LogP contribution in [0.2, 0.25) is 0 Å². The molecule has 1 amide bonds. The van der Waals surface area contributed by atoms with Gasteiger partial charge in [-0.25, -0.2) is 0 Å². The number of carbonyl (C=O) groups is 2. The topological polar surface area (TPSA) is 49.9 Å². The number of methoxy groups -OCH3 is 1. The summed E-state index contributed by atoms with van der Waals surface area (Å²) in [4.78, 5) is 28.1. The van der Waals surface area contributed by atoms with E-state index in [4.69, 9.17) is 4.74 Å². The van der Waals surface area contributed by atoms with Crippen molar-refractivity contribution >= 4 is 11.9 Å². The first kappa shape index (κ1) is 15.3. The number of ether oxygens (including phenoxy) is 1. The Kier molecular flexibility index (Phi) is 5.40. The summed E-state index contributed by atoms with van der Waals surface area (Å²) in [6, 6.07) is -0.203. The van der Waals surface area contributed by atoms with E-state index in [2.05, 4.69) is 4.90 Å². The smallest absolute Gasteiger partial charge is 0.322 e. The summed E-state index contributed by atoms with van der Waals surface area (Å²) in [6.07, 6.45) is 5.25. The number of piperidine rings is 2. The third-order valence-electron chi connectivity index (χ3n) is 4.64. The zero-order chi connectivity index (χ0) is 14.5. The fraction of sp³-hybridized carbons (Fsp3) is 0.867. The van der Waals surface area contributed by atoms with Crippen LogP contribution in [-0.2, 0) is 14.3 Å². The molecule has 0 spiro atoms. The van der Waals surface area contributed by atoms with Crippen LogP contribution in [0.25, 0.3) is 0 Å². The molecule has 1 unspecified atom stereocenters. The van der Waals surface area contributed by atoms with Crippen LogP contribution in [0, 0.1) is 5.92 Å². The molecule has 114 valence electrons. The summed E-state index contributed by atoms with van der Waals surface area (Å²) in [5, 5.41) is 0. The molecular formula is C15H26N2O3. The van der Waals surface area contributed by atoms with Crippen molar-refractivity contribution in [2.24, 2.45) is 5.92 Å². The Morgan fingerprint density at radius 1 is 1.05 bits per heavy atom. The van der Waals surface area contributed by atoms with Crippen molar-refractivity contribution in [3.63, 3.8) is 0 Å². The fourth-order valence-corrected chi connectivity index (χ4v) is 3.23. The van der Waals surface area contributed by atoms with E-state index < -0.39 is 0 Å². The van der Waals surface area contributed by atoms with Gasteiger partial charge in [-0.3, -0.25) is 14.5 Å². The van der Waals surface area contributed by atoms with Gasteiger partial charge >= 0.3 is 5.97 Å². The Hall–Kier alpha value is -1.10. The number of esters is 1. The van der Waals surface area contributed by atoms with E-state index in [1.807, 2.05) is 11.8 Å². The van der Waals surface area contributed by atoms with Crippen LogP contribution in [-0.4, -0.2) is 61.0 Å². The summed E-state index contributed by atoms with van der Waals surface area (Å²) in [5.74, 6) is 0.287. The van der Waals surface area contributed by atoms with Crippen LogP contribution in [0.15, 0.2) is 0 Å². The average Bonchev–Trinajstić information content (AvgIpc) is 2.53. The molecule has 0 N–H and O–H groups in total. The molecule has 0 aliphatic carbocycles. The van der Waals surface area contributed by atoms with Crippen molar-refractivity contribution in [3.05, 3.63) is 0 Å². The third-order valence-corrected chi connectivity index (χ3v) is 4.64. The van der Waals surface area contributed by atoms with E-state index in [-0.39, 0.29) is 17.9 Å². The highest BCUT2D eigenvalue weighted by molar-refractivity contribution is 5.79. The highest BCUT2D eigenvalue weighted by atomic mass is 16.5. The molecule has 2 heterocycles. The summed E-state index contributed by atoms with van der Waals surface area (Å²) < 4.78 is 4.78. The van der Waals surface area contributed by atoms with Crippen LogP contribution >= 0.6 is 0 Å². The van der Waals surface area contributed by atoms with Gasteiger partial charge in [-0.05, 0) is 52.1 Å². The predicted octanol–water partition coefficient (Wildman–Crippen LogP) is 1.27. The summed E-state index contributed by atoms with van der Waals surface area (Å²) in [5.41, 5.74) is 0. The molecule has 1 atom stereocenters. The van der Waals surface area contributed by atoms with E-state index in [0.29, 0.717) is 5.91 Å². The highest BCUT2D eigenvalue weighted by Crippen LogP contribution is 2.23. The first-order chi connectivity index (χ1) is 9.63. The first-order valence-corrected chi connectivity index (χ1v) is 7.74. The van der Waals surface area contributed by atoms with Crippen LogP contribution in [0.1, 0.15) is 39.0 Å². The molecule has 0 radical (unpaired) electrons. The van der Waals surface area contributed by atoms with Gasteiger partial charge in [0.1, 0.15) is 6.04 Å². The van der Waals surface area contributed by atoms with Gasteiger partial charge in [-0.1, -0.05) is 0 Å². The standard InChI is InChI=1S/C15H26N2O3/c1-12(15(19)20-2)16-10-6-13(7-11-16)14(18)17-8-4-3-5-9-17/h12-13H,3-11H2,1-2H3. The highest BCUT2D eigenvalue weighted by Gasteiger charge is 2.32. The quantitative estimate of drug-likeness (QED) is 0.732. The molecule has 0 saturated carbocycles. The number of carbonyl (C=O) groups excluding carboxylic acids is 2. The molecule has 0 bridgehead atoms. The Morgan fingerprint density at radius 2 is 1.65 bits per heavy atom. The van der Waals surface area contributed by atoms with E-state index in [0.717, 1.165) is 51.9 Å². The van der Waals surface area contributed by atoms with Crippen LogP contribution < -0.4 is 0 Å². The first-order valence-electron chi connectivity index (χ1n) is 7.74. The summed E-state index contributed by atoms with van der Waals surface area (Å²) >= 11 is 0. The van der Waals surface area contributed by atoms with Crippen LogP contribution in [0.3, 0.4) is 0 Å². The van der Waals surface area contributed by atoms with Gasteiger partial charge in [0, 0.05) is 19.0 Å². The zero-order valence-corrected chi connectivity index (χ0v) is 12.6. The molecule has 0 aromatic rings. The molecule has 2 saturated heterocycles. The minimum absolute atomic E-state index is 0.147. The number of amides is 1. The van der Waals surface area contributed by atoms with Crippen molar-refractivity contribution in [2.75, 3.05) is 33.3 Å². The number of likely N-dealkylation sites (tertiary alicyclic amines) is 2. The maximum absolute atomic E-state index is 12.4. The van der Waals surface area contributed by atoms with E-state index in [1.54, 1.807) is 0 Å². The second-order valence-electron chi connectivity index (χ2n) is 5.90. The van der Waals surface area contributed by atoms with Gasteiger partial charge in [0.25, 0.3) is 0 Å². The number of rotatable bonds is 3. The van der Waals surface area contributed by atoms with Crippen molar-refractivity contribution < 1.29 is 14.3 Å². The lowest BCUT2D eigenvalue weighted by molar-refractivity contribution is -0.147. The zero-order valence-electron chi connectivity index (χ0n) is 12.6. The Balaban J connectivity index is 1.81. The third kappa shape index (κ3) is 3.51. The monoisotopic (exact) mass is 282 g/mol. The normalized spacial score (nSPS) is 23.4. The fourth-order valence-electron chi connectivity index (χ4n) is 3.23. The molecule has 2 rings (SSSR count). The van der Waals surface area contributed by atoms with Crippen molar-refractivity contribution in [1.29, 1.82) is 0 Å². The molecule has 2 aliphatic heterocycles. The lowest BCUT2D eigenvalue weighted by atomic mass is 9.93. The average molecular weight is 282 g/mol. The molecule has 5 nitrogen and oxygen atoms in total. The van der Waals surface area contributed by atoms with Crippen molar-refractivity contribution in [3.8, 4) is 0 Å². The van der Waals surface area contributed by atoms with Crippen molar-refractivity contribution in [1.82, 2.24) is 9.80 Å². The SMILES string of the molecule is COC(=O)C(C)N1CCC(C(=O)N2CCCCC2)CC1. The Bertz CT molecular complexity index is 345. The Labute approximate surface area is 121 Å². The molecular weight excluding hydrogens is 256 g/mol. The van der Waals surface area contributed by atoms with Gasteiger partial charge in [0.15, 0.2) is 0 Å². The van der Waals surface area contributed by atoms with Gasteiger partial charge in [0.05, 0.1) is 7.11 Å². The van der Waals surface area contributed by atoms with Gasteiger partial charge < -0.3 is 9.64 Å². The maximum atomic E-state index is 12.4. The van der Waals surface area contributed by atoms with E-state index in [9.17, 15) is 9.59 Å². The number of hydrogen-bond donors (Lipinski definition) is 0. The minimum atomic E-state index is -0.203. The molecule has 2 aliphatic rings. The second-order valence-corrected chi connectivity index (χ2v) is 5.90. The molecule has 2 fully saturated rings. The molecule has 0 aromatic carbocycles. The van der Waals surface area contributed by atoms with Crippen molar-refractivity contribution in [2.45, 2.75) is 45.1 Å². The lowest BCUT2D eigenvalue weighted by Crippen LogP contribution is -2.48. The number of hydrogen-bond acceptors (Lipinski definition) is 4. The molecule has 20 heavy (non-hydrogen) atoms. The van der Waals surface area contributed by atoms with Gasteiger partial charge in [-0.2, -0.15) is 0 Å². The lowest BCUT2D eigenvalue weighted by Gasteiger charge is -2.37. The van der Waals surface area contributed by atoms with E-state index >= 15 is 0 Å². The number of nitrogens with zero attached hydrogens (tertiary/aromatic N) is 2. The summed E-state index contributed by atoms with van der Waals surface area (Å²) in [6.45, 7) is 5.34. The molecule has 0 aromatic heterocycles. The largest absolute Gasteiger partial charge is 0.468 e. The van der Waals surface area contributed by atoms with E-state index in [1.165, 1.54) is 13.5 Å². The predicted molar refractivity (Wildman–Crippen MR) is 76.2 cm³/mol. The van der Waals surface area contributed by atoms with Gasteiger partial charge in [-0.15, -0.1) is 0 Å². The molecule has 5 heteroatoms. The minimum Gasteiger partial charge on any atom is -0.468 e. The Morgan fingerprint density at radius 3 is 2.20 bits per heavy atom.